The second kappa shape index (κ2) is 69.4. The van der Waals surface area contributed by atoms with E-state index in [0.29, 0.717) is 25.9 Å². The number of nitrogens with one attached hydrogen (secondary N) is 1. The van der Waals surface area contributed by atoms with Crippen molar-refractivity contribution in [1.82, 2.24) is 5.32 Å². The maximum Gasteiger partial charge on any atom is 0.305 e. The van der Waals surface area contributed by atoms with Gasteiger partial charge in [0.25, 0.3) is 0 Å². The number of ether oxygens (including phenoxy) is 1. The van der Waals surface area contributed by atoms with E-state index in [1.807, 2.05) is 0 Å². The molecule has 0 aromatic carbocycles. The summed E-state index contributed by atoms with van der Waals surface area (Å²) in [6.45, 7) is 5.01. The van der Waals surface area contributed by atoms with Crippen LogP contribution in [0.5, 0.6) is 0 Å². The first-order chi connectivity index (χ1) is 39.0. The second-order valence-electron chi connectivity index (χ2n) is 25.6. The van der Waals surface area contributed by atoms with Gasteiger partial charge in [0.05, 0.1) is 25.4 Å². The molecule has 0 aliphatic carbocycles. The minimum absolute atomic E-state index is 0.0203. The molecule has 0 fully saturated rings. The summed E-state index contributed by atoms with van der Waals surface area (Å²) in [5, 5.41) is 23.5. The molecule has 79 heavy (non-hydrogen) atoms. The Morgan fingerprint density at radius 3 is 0.772 bits per heavy atom. The standard InChI is InChI=1S/C73H145NO5/c1-3-5-7-9-11-13-15-17-19-20-21-22-26-29-32-35-38-41-45-49-53-57-61-65-71(76)70(69-75)74-72(77)66-62-58-54-50-46-42-39-36-33-30-27-24-23-25-28-31-34-37-40-44-48-52-56-60-64-68-79-73(78)67-63-59-55-51-47-43-18-16-14-12-10-8-6-4-2/h70-71,75-76H,3-69H2,1-2H3,(H,74,77). The van der Waals surface area contributed by atoms with Gasteiger partial charge in [-0.3, -0.25) is 9.59 Å². The Labute approximate surface area is 496 Å². The van der Waals surface area contributed by atoms with Crippen LogP contribution in [0.15, 0.2) is 0 Å². The largest absolute Gasteiger partial charge is 0.466 e. The summed E-state index contributed by atoms with van der Waals surface area (Å²) in [4.78, 5) is 24.6. The Balaban J connectivity index is 3.35. The van der Waals surface area contributed by atoms with Gasteiger partial charge in [-0.25, -0.2) is 0 Å². The monoisotopic (exact) mass is 1120 g/mol. The molecular weight excluding hydrogens is 971 g/mol. The van der Waals surface area contributed by atoms with Gasteiger partial charge in [-0.15, -0.1) is 0 Å². The fourth-order valence-corrected chi connectivity index (χ4v) is 12.1. The lowest BCUT2D eigenvalue weighted by molar-refractivity contribution is -0.143. The zero-order chi connectivity index (χ0) is 57.1. The highest BCUT2D eigenvalue weighted by molar-refractivity contribution is 5.76. The van der Waals surface area contributed by atoms with E-state index in [9.17, 15) is 19.8 Å². The number of aliphatic hydroxyl groups is 2. The van der Waals surface area contributed by atoms with Crippen molar-refractivity contribution in [3.63, 3.8) is 0 Å². The van der Waals surface area contributed by atoms with Gasteiger partial charge in [0.2, 0.25) is 5.91 Å². The molecule has 0 radical (unpaired) electrons. The van der Waals surface area contributed by atoms with Crippen LogP contribution < -0.4 is 5.32 Å². The van der Waals surface area contributed by atoms with Crippen LogP contribution in [-0.4, -0.2) is 47.4 Å². The molecule has 0 aromatic heterocycles. The average molecular weight is 1120 g/mol. The fourth-order valence-electron chi connectivity index (χ4n) is 12.1. The van der Waals surface area contributed by atoms with Gasteiger partial charge >= 0.3 is 5.97 Å². The van der Waals surface area contributed by atoms with Crippen molar-refractivity contribution in [2.45, 2.75) is 443 Å². The van der Waals surface area contributed by atoms with E-state index in [1.54, 1.807) is 0 Å². The molecule has 0 aromatic rings. The lowest BCUT2D eigenvalue weighted by atomic mass is 10.0. The van der Waals surface area contributed by atoms with Gasteiger partial charge in [0.15, 0.2) is 0 Å². The first kappa shape index (κ1) is 77.9. The number of amides is 1. The quantitative estimate of drug-likeness (QED) is 0.0417. The zero-order valence-corrected chi connectivity index (χ0v) is 54.2. The lowest BCUT2D eigenvalue weighted by Gasteiger charge is -2.22. The van der Waals surface area contributed by atoms with E-state index in [4.69, 9.17) is 4.74 Å². The molecular formula is C73H145NO5. The number of unbranched alkanes of at least 4 members (excludes halogenated alkanes) is 59. The summed E-state index contributed by atoms with van der Waals surface area (Å²) in [5.41, 5.74) is 0. The molecule has 0 spiro atoms. The van der Waals surface area contributed by atoms with Crippen molar-refractivity contribution in [2.75, 3.05) is 13.2 Å². The SMILES string of the molecule is CCCCCCCCCCCCCCCCCCCCCCCCCC(O)C(CO)NC(=O)CCCCCCCCCCCCCCCCCCCCCCCCCCCOC(=O)CCCCCCCCCCCCCCCC. The number of hydrogen-bond donors (Lipinski definition) is 3. The maximum atomic E-state index is 12.6. The Morgan fingerprint density at radius 2 is 0.519 bits per heavy atom. The smallest absolute Gasteiger partial charge is 0.305 e. The Hall–Kier alpha value is -1.14. The highest BCUT2D eigenvalue weighted by Crippen LogP contribution is 2.20. The molecule has 2 unspecified atom stereocenters. The number of rotatable bonds is 70. The molecule has 0 saturated carbocycles. The first-order valence-electron chi connectivity index (χ1n) is 36.8. The highest BCUT2D eigenvalue weighted by atomic mass is 16.5. The number of aliphatic hydroxyl groups excluding tert-OH is 2. The molecule has 2 atom stereocenters. The van der Waals surface area contributed by atoms with Crippen LogP contribution in [-0.2, 0) is 14.3 Å². The molecule has 0 aliphatic rings. The molecule has 3 N–H and O–H groups in total. The van der Waals surface area contributed by atoms with Crippen molar-refractivity contribution in [2.24, 2.45) is 0 Å². The number of esters is 1. The van der Waals surface area contributed by atoms with E-state index < -0.39 is 12.1 Å². The molecule has 0 rings (SSSR count). The summed E-state index contributed by atoms with van der Waals surface area (Å²) in [6.07, 6.45) is 84.5. The molecule has 6 nitrogen and oxygen atoms in total. The van der Waals surface area contributed by atoms with Crippen LogP contribution in [0, 0.1) is 0 Å². The Bertz CT molecular complexity index is 1150. The minimum atomic E-state index is -0.663. The second-order valence-corrected chi connectivity index (χ2v) is 25.6. The van der Waals surface area contributed by atoms with Crippen LogP contribution in [0.3, 0.4) is 0 Å². The maximum absolute atomic E-state index is 12.6. The number of carbonyl (C=O) groups is 2. The van der Waals surface area contributed by atoms with Crippen molar-refractivity contribution < 1.29 is 24.5 Å². The first-order valence-corrected chi connectivity index (χ1v) is 36.8. The van der Waals surface area contributed by atoms with E-state index in [2.05, 4.69) is 19.2 Å². The van der Waals surface area contributed by atoms with Crippen molar-refractivity contribution in [3.05, 3.63) is 0 Å². The summed E-state index contributed by atoms with van der Waals surface area (Å²) >= 11 is 0. The van der Waals surface area contributed by atoms with E-state index in [1.165, 1.54) is 360 Å². The molecule has 0 bridgehead atoms. The lowest BCUT2D eigenvalue weighted by Crippen LogP contribution is -2.45. The van der Waals surface area contributed by atoms with Crippen LogP contribution in [0.1, 0.15) is 431 Å². The third-order valence-electron chi connectivity index (χ3n) is 17.7. The summed E-state index contributed by atoms with van der Waals surface area (Å²) < 4.78 is 5.50. The van der Waals surface area contributed by atoms with E-state index >= 15 is 0 Å². The molecule has 1 amide bonds. The van der Waals surface area contributed by atoms with Crippen LogP contribution in [0.4, 0.5) is 0 Å². The van der Waals surface area contributed by atoms with Crippen molar-refractivity contribution >= 4 is 11.9 Å². The van der Waals surface area contributed by atoms with Gasteiger partial charge in [0, 0.05) is 12.8 Å². The van der Waals surface area contributed by atoms with Crippen LogP contribution >= 0.6 is 0 Å². The highest BCUT2D eigenvalue weighted by Gasteiger charge is 2.20. The number of hydrogen-bond acceptors (Lipinski definition) is 5. The molecule has 0 saturated heterocycles. The molecule has 0 heterocycles. The zero-order valence-electron chi connectivity index (χ0n) is 54.2. The van der Waals surface area contributed by atoms with Crippen molar-refractivity contribution in [3.8, 4) is 0 Å². The number of carbonyl (C=O) groups excluding carboxylic acids is 2. The Kier molecular flexibility index (Phi) is 68.4. The van der Waals surface area contributed by atoms with Gasteiger partial charge in [-0.2, -0.15) is 0 Å². The Morgan fingerprint density at radius 1 is 0.304 bits per heavy atom. The minimum Gasteiger partial charge on any atom is -0.466 e. The molecule has 0 aliphatic heterocycles. The van der Waals surface area contributed by atoms with Gasteiger partial charge in [-0.05, 0) is 25.7 Å². The van der Waals surface area contributed by atoms with Crippen molar-refractivity contribution in [1.29, 1.82) is 0 Å². The molecule has 472 valence electrons. The van der Waals surface area contributed by atoms with E-state index in [0.717, 1.165) is 38.5 Å². The van der Waals surface area contributed by atoms with Crippen LogP contribution in [0.25, 0.3) is 0 Å². The van der Waals surface area contributed by atoms with Crippen LogP contribution in [0.2, 0.25) is 0 Å². The van der Waals surface area contributed by atoms with Gasteiger partial charge in [0.1, 0.15) is 0 Å². The van der Waals surface area contributed by atoms with Gasteiger partial charge < -0.3 is 20.3 Å². The fraction of sp³-hybridized carbons (Fsp3) is 0.973. The third kappa shape index (κ3) is 65.9. The summed E-state index contributed by atoms with van der Waals surface area (Å²) in [5.74, 6) is -0.00692. The predicted octanol–water partition coefficient (Wildman–Crippen LogP) is 23.8. The van der Waals surface area contributed by atoms with E-state index in [-0.39, 0.29) is 18.5 Å². The normalized spacial score (nSPS) is 12.4. The van der Waals surface area contributed by atoms with Gasteiger partial charge in [-0.1, -0.05) is 393 Å². The third-order valence-corrected chi connectivity index (χ3v) is 17.7. The molecule has 6 heteroatoms. The summed E-state index contributed by atoms with van der Waals surface area (Å²) in [7, 11) is 0. The predicted molar refractivity (Wildman–Crippen MR) is 347 cm³/mol. The summed E-state index contributed by atoms with van der Waals surface area (Å²) in [6, 6.07) is -0.540. The topological polar surface area (TPSA) is 95.9 Å². The average Bonchev–Trinajstić information content (AvgIpc) is 3.45.